The molecule has 0 saturated carbocycles. The zero-order valence-corrected chi connectivity index (χ0v) is 16.6. The summed E-state index contributed by atoms with van der Waals surface area (Å²) < 4.78 is 5.83. The third-order valence-corrected chi connectivity index (χ3v) is 5.32. The molecule has 1 unspecified atom stereocenters. The first-order chi connectivity index (χ1) is 14.1. The minimum absolute atomic E-state index is 0.105. The predicted molar refractivity (Wildman–Crippen MR) is 112 cm³/mol. The summed E-state index contributed by atoms with van der Waals surface area (Å²) in [4.78, 5) is 27.1. The Bertz CT molecular complexity index is 998. The van der Waals surface area contributed by atoms with Gasteiger partial charge in [0, 0.05) is 22.7 Å². The lowest BCUT2D eigenvalue weighted by molar-refractivity contribution is -0.125. The van der Waals surface area contributed by atoms with Gasteiger partial charge in [0.2, 0.25) is 5.91 Å². The molecule has 1 N–H and O–H groups in total. The van der Waals surface area contributed by atoms with Gasteiger partial charge in [-0.2, -0.15) is 0 Å². The molecule has 2 heterocycles. The number of halogens is 1. The molecule has 0 aliphatic carbocycles. The minimum atomic E-state index is -0.451. The van der Waals surface area contributed by atoms with E-state index in [1.807, 2.05) is 42.5 Å². The number of benzene rings is 2. The van der Waals surface area contributed by atoms with Crippen molar-refractivity contribution in [3.63, 3.8) is 0 Å². The van der Waals surface area contributed by atoms with Crippen LogP contribution in [0.5, 0.6) is 0 Å². The van der Waals surface area contributed by atoms with E-state index in [4.69, 9.17) is 16.0 Å². The average molecular weight is 409 g/mol. The summed E-state index contributed by atoms with van der Waals surface area (Å²) in [5, 5.41) is 3.57. The Hall–Kier alpha value is -3.05. The van der Waals surface area contributed by atoms with Crippen molar-refractivity contribution < 1.29 is 14.0 Å². The third kappa shape index (κ3) is 4.35. The minimum Gasteiger partial charge on any atom is -0.459 e. The molecule has 1 aliphatic rings. The zero-order valence-electron chi connectivity index (χ0n) is 15.8. The first-order valence-electron chi connectivity index (χ1n) is 9.60. The number of likely N-dealkylation sites (tertiary alicyclic amines) is 1. The van der Waals surface area contributed by atoms with Gasteiger partial charge in [-0.25, -0.2) is 0 Å². The second kappa shape index (κ2) is 8.53. The Morgan fingerprint density at radius 2 is 1.79 bits per heavy atom. The quantitative estimate of drug-likeness (QED) is 0.675. The highest BCUT2D eigenvalue weighted by atomic mass is 35.5. The fourth-order valence-electron chi connectivity index (χ4n) is 3.56. The average Bonchev–Trinajstić information content (AvgIpc) is 3.42. The Morgan fingerprint density at radius 3 is 2.55 bits per heavy atom. The first-order valence-corrected chi connectivity index (χ1v) is 9.98. The van der Waals surface area contributed by atoms with Crippen molar-refractivity contribution in [3.05, 3.63) is 83.1 Å². The second-order valence-corrected chi connectivity index (χ2v) is 7.45. The summed E-state index contributed by atoms with van der Waals surface area (Å²) in [7, 11) is 0. The van der Waals surface area contributed by atoms with Crippen LogP contribution in [0.3, 0.4) is 0 Å². The molecular weight excluding hydrogens is 388 g/mol. The zero-order chi connectivity index (χ0) is 20.2. The third-order valence-electron chi connectivity index (χ3n) is 5.06. The topological polar surface area (TPSA) is 62.6 Å². The molecule has 148 valence electrons. The van der Waals surface area contributed by atoms with Gasteiger partial charge in [-0.15, -0.1) is 0 Å². The molecule has 29 heavy (non-hydrogen) atoms. The van der Waals surface area contributed by atoms with Crippen molar-refractivity contribution in [2.45, 2.75) is 25.4 Å². The lowest BCUT2D eigenvalue weighted by atomic mass is 10.1. The van der Waals surface area contributed by atoms with E-state index in [0.717, 1.165) is 12.0 Å². The number of furan rings is 1. The molecule has 0 radical (unpaired) electrons. The molecule has 0 bridgehead atoms. The van der Waals surface area contributed by atoms with Crippen LogP contribution in [0.25, 0.3) is 11.3 Å². The van der Waals surface area contributed by atoms with E-state index in [2.05, 4.69) is 5.32 Å². The van der Waals surface area contributed by atoms with E-state index >= 15 is 0 Å². The SMILES string of the molecule is O=C(NCc1ccc(-c2ccc(Cl)cc2)o1)C1CCCN1C(=O)c1ccccc1. The fraction of sp³-hybridized carbons (Fsp3) is 0.217. The molecule has 6 heteroatoms. The van der Waals surface area contributed by atoms with Gasteiger partial charge in [0.25, 0.3) is 5.91 Å². The summed E-state index contributed by atoms with van der Waals surface area (Å²) in [6.07, 6.45) is 1.48. The molecule has 1 saturated heterocycles. The Balaban J connectivity index is 1.38. The van der Waals surface area contributed by atoms with Gasteiger partial charge in [0.1, 0.15) is 17.6 Å². The van der Waals surface area contributed by atoms with E-state index in [9.17, 15) is 9.59 Å². The van der Waals surface area contributed by atoms with Gasteiger partial charge in [-0.1, -0.05) is 29.8 Å². The van der Waals surface area contributed by atoms with Crippen molar-refractivity contribution in [2.24, 2.45) is 0 Å². The molecule has 3 aromatic rings. The molecule has 1 aromatic heterocycles. The summed E-state index contributed by atoms with van der Waals surface area (Å²) in [5.74, 6) is 1.11. The van der Waals surface area contributed by atoms with Crippen molar-refractivity contribution in [2.75, 3.05) is 6.54 Å². The number of nitrogens with one attached hydrogen (secondary N) is 1. The molecule has 2 aromatic carbocycles. The molecule has 1 atom stereocenters. The number of hydrogen-bond donors (Lipinski definition) is 1. The number of carbonyl (C=O) groups is 2. The Labute approximate surface area is 174 Å². The highest BCUT2D eigenvalue weighted by Crippen LogP contribution is 2.24. The standard InChI is InChI=1S/C23H21ClN2O3/c24-18-10-8-16(9-11-18)21-13-12-19(29-21)15-25-22(27)20-7-4-14-26(20)23(28)17-5-2-1-3-6-17/h1-3,5-6,8-13,20H,4,7,14-15H2,(H,25,27). The maximum Gasteiger partial charge on any atom is 0.254 e. The van der Waals surface area contributed by atoms with Crippen LogP contribution in [-0.2, 0) is 11.3 Å². The molecule has 0 spiro atoms. The largest absolute Gasteiger partial charge is 0.459 e. The van der Waals surface area contributed by atoms with Gasteiger partial charge in [0.15, 0.2) is 0 Å². The van der Waals surface area contributed by atoms with Gasteiger partial charge < -0.3 is 14.6 Å². The Kier molecular flexibility index (Phi) is 5.67. The number of amides is 2. The number of hydrogen-bond acceptors (Lipinski definition) is 3. The van der Waals surface area contributed by atoms with E-state index in [-0.39, 0.29) is 18.4 Å². The number of carbonyl (C=O) groups excluding carboxylic acids is 2. The normalized spacial score (nSPS) is 16.0. The van der Waals surface area contributed by atoms with Crippen LogP contribution >= 0.6 is 11.6 Å². The lowest BCUT2D eigenvalue weighted by Gasteiger charge is -2.24. The van der Waals surface area contributed by atoms with Crippen LogP contribution in [0.2, 0.25) is 5.02 Å². The van der Waals surface area contributed by atoms with Gasteiger partial charge in [-0.05, 0) is 61.4 Å². The smallest absolute Gasteiger partial charge is 0.254 e. The van der Waals surface area contributed by atoms with Gasteiger partial charge >= 0.3 is 0 Å². The van der Waals surface area contributed by atoms with Crippen molar-refractivity contribution in [1.82, 2.24) is 10.2 Å². The molecule has 5 nitrogen and oxygen atoms in total. The van der Waals surface area contributed by atoms with Crippen LogP contribution in [0.4, 0.5) is 0 Å². The first kappa shape index (κ1) is 19.3. The van der Waals surface area contributed by atoms with Crippen LogP contribution in [0.15, 0.2) is 71.1 Å². The molecular formula is C23H21ClN2O3. The molecule has 4 rings (SSSR count). The van der Waals surface area contributed by atoms with Crippen molar-refractivity contribution in [1.29, 1.82) is 0 Å². The second-order valence-electron chi connectivity index (χ2n) is 7.01. The van der Waals surface area contributed by atoms with E-state index in [1.165, 1.54) is 0 Å². The van der Waals surface area contributed by atoms with E-state index in [0.29, 0.717) is 35.1 Å². The van der Waals surface area contributed by atoms with E-state index in [1.54, 1.807) is 29.2 Å². The summed E-state index contributed by atoms with van der Waals surface area (Å²) in [6, 6.07) is 19.7. The molecule has 1 aliphatic heterocycles. The van der Waals surface area contributed by atoms with Gasteiger partial charge in [0.05, 0.1) is 6.54 Å². The van der Waals surface area contributed by atoms with Crippen LogP contribution in [-0.4, -0.2) is 29.3 Å². The van der Waals surface area contributed by atoms with Crippen LogP contribution in [0, 0.1) is 0 Å². The maximum absolute atomic E-state index is 12.7. The highest BCUT2D eigenvalue weighted by molar-refractivity contribution is 6.30. The summed E-state index contributed by atoms with van der Waals surface area (Å²) in [5.41, 5.74) is 1.52. The fourth-order valence-corrected chi connectivity index (χ4v) is 3.69. The van der Waals surface area contributed by atoms with E-state index < -0.39 is 6.04 Å². The number of rotatable bonds is 5. The van der Waals surface area contributed by atoms with Crippen LogP contribution in [0.1, 0.15) is 29.0 Å². The number of nitrogens with zero attached hydrogens (tertiary/aromatic N) is 1. The Morgan fingerprint density at radius 1 is 1.03 bits per heavy atom. The maximum atomic E-state index is 12.7. The van der Waals surface area contributed by atoms with Crippen molar-refractivity contribution in [3.8, 4) is 11.3 Å². The molecule has 1 fully saturated rings. The predicted octanol–water partition coefficient (Wildman–Crippen LogP) is 4.52. The highest BCUT2D eigenvalue weighted by Gasteiger charge is 2.34. The lowest BCUT2D eigenvalue weighted by Crippen LogP contribution is -2.45. The van der Waals surface area contributed by atoms with Crippen LogP contribution < -0.4 is 5.32 Å². The van der Waals surface area contributed by atoms with Crippen molar-refractivity contribution >= 4 is 23.4 Å². The van der Waals surface area contributed by atoms with Gasteiger partial charge in [-0.3, -0.25) is 9.59 Å². The molecule has 2 amide bonds. The summed E-state index contributed by atoms with van der Waals surface area (Å²) >= 11 is 5.92. The monoisotopic (exact) mass is 408 g/mol. The summed E-state index contributed by atoms with van der Waals surface area (Å²) in [6.45, 7) is 0.865.